The third-order valence-electron chi connectivity index (χ3n) is 2.20. The van der Waals surface area contributed by atoms with Crippen molar-refractivity contribution in [3.05, 3.63) is 22.4 Å². The van der Waals surface area contributed by atoms with Crippen LogP contribution in [0.4, 0.5) is 0 Å². The van der Waals surface area contributed by atoms with Crippen molar-refractivity contribution in [2.45, 2.75) is 6.92 Å². The van der Waals surface area contributed by atoms with Crippen molar-refractivity contribution >= 4 is 32.6 Å². The fraction of sp³-hybridized carbons (Fsp3) is 0.200. The topological polar surface area (TPSA) is 55.0 Å². The summed E-state index contributed by atoms with van der Waals surface area (Å²) >= 11 is 3.37. The third-order valence-corrected chi connectivity index (χ3v) is 2.80. The lowest BCUT2D eigenvalue weighted by Gasteiger charge is -2.02. The molecule has 0 spiro atoms. The normalized spacial score (nSPS) is 10.6. The van der Waals surface area contributed by atoms with Crippen molar-refractivity contribution in [1.82, 2.24) is 9.97 Å². The fourth-order valence-electron chi connectivity index (χ4n) is 1.52. The maximum absolute atomic E-state index is 11.4. The lowest BCUT2D eigenvalue weighted by atomic mass is 10.1. The summed E-state index contributed by atoms with van der Waals surface area (Å²) in [5.74, 6) is 0.496. The fourth-order valence-corrected chi connectivity index (χ4v) is 2.03. The Kier molecular flexibility index (Phi) is 2.48. The summed E-state index contributed by atoms with van der Waals surface area (Å²) in [4.78, 5) is 18.4. The molecule has 4 nitrogen and oxygen atoms in total. The highest BCUT2D eigenvalue weighted by atomic mass is 79.9. The Morgan fingerprint density at radius 2 is 2.33 bits per heavy atom. The maximum atomic E-state index is 11.4. The molecule has 0 aliphatic carbocycles. The van der Waals surface area contributed by atoms with Gasteiger partial charge >= 0.3 is 0 Å². The van der Waals surface area contributed by atoms with Gasteiger partial charge in [0, 0.05) is 27.8 Å². The molecule has 0 aliphatic heterocycles. The van der Waals surface area contributed by atoms with Gasteiger partial charge in [0.25, 0.3) is 0 Å². The van der Waals surface area contributed by atoms with Gasteiger partial charge in [-0.3, -0.25) is 4.79 Å². The van der Waals surface area contributed by atoms with Gasteiger partial charge in [0.2, 0.25) is 5.88 Å². The number of ether oxygens (including phenoxy) is 1. The number of rotatable bonds is 2. The second kappa shape index (κ2) is 3.66. The van der Waals surface area contributed by atoms with E-state index in [9.17, 15) is 4.79 Å². The number of aromatic nitrogens is 2. The zero-order valence-electron chi connectivity index (χ0n) is 8.30. The molecule has 2 rings (SSSR count). The monoisotopic (exact) mass is 268 g/mol. The lowest BCUT2D eigenvalue weighted by Crippen LogP contribution is -1.92. The van der Waals surface area contributed by atoms with Crippen molar-refractivity contribution in [1.29, 1.82) is 0 Å². The van der Waals surface area contributed by atoms with E-state index in [0.717, 1.165) is 15.4 Å². The minimum Gasteiger partial charge on any atom is -0.479 e. The van der Waals surface area contributed by atoms with Crippen LogP contribution in [-0.2, 0) is 0 Å². The molecular weight excluding hydrogens is 260 g/mol. The molecule has 0 amide bonds. The van der Waals surface area contributed by atoms with E-state index in [1.165, 1.54) is 6.92 Å². The van der Waals surface area contributed by atoms with Gasteiger partial charge in [-0.05, 0) is 22.9 Å². The summed E-state index contributed by atoms with van der Waals surface area (Å²) in [6, 6.07) is 0. The predicted octanol–water partition coefficient (Wildman–Crippen LogP) is 2.54. The first-order valence-corrected chi connectivity index (χ1v) is 5.15. The van der Waals surface area contributed by atoms with E-state index < -0.39 is 0 Å². The number of hydrogen-bond donors (Lipinski definition) is 1. The summed E-state index contributed by atoms with van der Waals surface area (Å²) in [5.41, 5.74) is 1.37. The van der Waals surface area contributed by atoms with Gasteiger partial charge in [0.15, 0.2) is 5.78 Å². The number of pyridine rings is 1. The quantitative estimate of drug-likeness (QED) is 0.852. The number of aromatic amines is 1. The van der Waals surface area contributed by atoms with Gasteiger partial charge in [-0.2, -0.15) is 0 Å². The smallest absolute Gasteiger partial charge is 0.238 e. The minimum atomic E-state index is 0.00945. The summed E-state index contributed by atoms with van der Waals surface area (Å²) in [6.07, 6.45) is 3.30. The van der Waals surface area contributed by atoms with Gasteiger partial charge in [0.05, 0.1) is 7.11 Å². The number of carbonyl (C=O) groups is 1. The van der Waals surface area contributed by atoms with Gasteiger partial charge in [-0.25, -0.2) is 4.98 Å². The third kappa shape index (κ3) is 1.52. The van der Waals surface area contributed by atoms with E-state index in [1.807, 2.05) is 0 Å². The number of fused-ring (bicyclic) bond motifs is 1. The summed E-state index contributed by atoms with van der Waals surface area (Å²) in [5, 5.41) is 0.814. The molecule has 0 saturated heterocycles. The van der Waals surface area contributed by atoms with Crippen LogP contribution in [0.1, 0.15) is 17.3 Å². The van der Waals surface area contributed by atoms with Crippen LogP contribution < -0.4 is 4.74 Å². The molecule has 2 aromatic heterocycles. The van der Waals surface area contributed by atoms with E-state index in [-0.39, 0.29) is 5.78 Å². The predicted molar refractivity (Wildman–Crippen MR) is 60.4 cm³/mol. The van der Waals surface area contributed by atoms with Crippen molar-refractivity contribution in [3.8, 4) is 5.88 Å². The Balaban J connectivity index is 2.84. The van der Waals surface area contributed by atoms with Crippen LogP contribution in [0, 0.1) is 0 Å². The van der Waals surface area contributed by atoms with Crippen LogP contribution in [0.3, 0.4) is 0 Å². The second-order valence-electron chi connectivity index (χ2n) is 3.12. The lowest BCUT2D eigenvalue weighted by molar-refractivity contribution is 0.101. The zero-order valence-corrected chi connectivity index (χ0v) is 9.88. The van der Waals surface area contributed by atoms with E-state index >= 15 is 0 Å². The number of methoxy groups -OCH3 is 1. The number of nitrogens with zero attached hydrogens (tertiary/aromatic N) is 1. The van der Waals surface area contributed by atoms with Crippen LogP contribution in [0.15, 0.2) is 16.9 Å². The highest BCUT2D eigenvalue weighted by molar-refractivity contribution is 9.10. The van der Waals surface area contributed by atoms with Crippen LogP contribution in [-0.4, -0.2) is 22.9 Å². The Hall–Kier alpha value is -1.36. The van der Waals surface area contributed by atoms with Gasteiger partial charge < -0.3 is 9.72 Å². The standard InChI is InChI=1S/C10H9BrN2O2/c1-5(14)6-3-12-9-8(6)7(11)4-13-10(9)15-2/h3-4,12H,1-2H3. The molecule has 0 atom stereocenters. The second-order valence-corrected chi connectivity index (χ2v) is 3.98. The number of hydrogen-bond acceptors (Lipinski definition) is 3. The minimum absolute atomic E-state index is 0.00945. The molecule has 2 heterocycles. The largest absolute Gasteiger partial charge is 0.479 e. The maximum Gasteiger partial charge on any atom is 0.238 e. The first-order valence-electron chi connectivity index (χ1n) is 4.35. The zero-order chi connectivity index (χ0) is 11.0. The van der Waals surface area contributed by atoms with Crippen LogP contribution >= 0.6 is 15.9 Å². The Morgan fingerprint density at radius 3 is 2.93 bits per heavy atom. The van der Waals surface area contributed by atoms with E-state index in [4.69, 9.17) is 4.74 Å². The number of H-pyrrole nitrogens is 1. The van der Waals surface area contributed by atoms with Crippen molar-refractivity contribution in [3.63, 3.8) is 0 Å². The number of Topliss-reactive ketones (excluding diaryl/α,β-unsaturated/α-hetero) is 1. The van der Waals surface area contributed by atoms with Crippen LogP contribution in [0.2, 0.25) is 0 Å². The van der Waals surface area contributed by atoms with E-state index in [1.54, 1.807) is 19.5 Å². The molecule has 0 unspecified atom stereocenters. The Labute approximate surface area is 94.8 Å². The van der Waals surface area contributed by atoms with Crippen molar-refractivity contribution in [2.24, 2.45) is 0 Å². The van der Waals surface area contributed by atoms with Crippen LogP contribution in [0.5, 0.6) is 5.88 Å². The van der Waals surface area contributed by atoms with E-state index in [0.29, 0.717) is 11.4 Å². The summed E-state index contributed by atoms with van der Waals surface area (Å²) in [7, 11) is 1.55. The van der Waals surface area contributed by atoms with Crippen molar-refractivity contribution in [2.75, 3.05) is 7.11 Å². The van der Waals surface area contributed by atoms with Gasteiger partial charge in [0.1, 0.15) is 5.52 Å². The highest BCUT2D eigenvalue weighted by Gasteiger charge is 2.14. The first kappa shape index (κ1) is 10.2. The number of nitrogens with one attached hydrogen (secondary N) is 1. The summed E-state index contributed by atoms with van der Waals surface area (Å²) in [6.45, 7) is 1.53. The number of carbonyl (C=O) groups excluding carboxylic acids is 1. The van der Waals surface area contributed by atoms with Gasteiger partial charge in [-0.1, -0.05) is 0 Å². The Bertz CT molecular complexity index is 533. The molecule has 0 radical (unpaired) electrons. The molecule has 0 saturated carbocycles. The molecule has 0 bridgehead atoms. The summed E-state index contributed by atoms with van der Waals surface area (Å²) < 4.78 is 5.88. The molecule has 15 heavy (non-hydrogen) atoms. The Morgan fingerprint density at radius 1 is 1.60 bits per heavy atom. The average molecular weight is 269 g/mol. The molecule has 78 valence electrons. The van der Waals surface area contributed by atoms with Crippen molar-refractivity contribution < 1.29 is 9.53 Å². The molecule has 0 aromatic carbocycles. The molecule has 5 heteroatoms. The number of halogens is 1. The SMILES string of the molecule is COc1ncc(Br)c2c(C(C)=O)c[nH]c12. The molecular formula is C10H9BrN2O2. The molecule has 2 aromatic rings. The molecule has 0 aliphatic rings. The van der Waals surface area contributed by atoms with Crippen LogP contribution in [0.25, 0.3) is 10.9 Å². The first-order chi connectivity index (χ1) is 7.15. The number of ketones is 1. The van der Waals surface area contributed by atoms with Gasteiger partial charge in [-0.15, -0.1) is 0 Å². The highest BCUT2D eigenvalue weighted by Crippen LogP contribution is 2.31. The average Bonchev–Trinajstić information content (AvgIpc) is 2.63. The molecule has 0 fully saturated rings. The molecule has 1 N–H and O–H groups in total. The van der Waals surface area contributed by atoms with E-state index in [2.05, 4.69) is 25.9 Å².